The molecule has 0 fully saturated rings. The molecule has 0 saturated carbocycles. The van der Waals surface area contributed by atoms with E-state index in [-0.39, 0.29) is 0 Å². The molecule has 1 aromatic heterocycles. The van der Waals surface area contributed by atoms with Gasteiger partial charge in [0.05, 0.1) is 12.1 Å². The lowest BCUT2D eigenvalue weighted by molar-refractivity contribution is 0.325. The molecule has 1 aromatic carbocycles. The van der Waals surface area contributed by atoms with Crippen LogP contribution >= 0.6 is 0 Å². The SMILES string of the molecule is Cc1ccc(OCCN(C)c2ccc(C#N)cn2)cc1. The molecular weight excluding hydrogens is 250 g/mol. The summed E-state index contributed by atoms with van der Waals surface area (Å²) in [6.07, 6.45) is 1.58. The van der Waals surface area contributed by atoms with Crippen molar-refractivity contribution in [3.63, 3.8) is 0 Å². The lowest BCUT2D eigenvalue weighted by atomic mass is 10.2. The molecule has 4 heteroatoms. The zero-order valence-electron chi connectivity index (χ0n) is 11.7. The largest absolute Gasteiger partial charge is 0.492 e. The minimum Gasteiger partial charge on any atom is -0.492 e. The highest BCUT2D eigenvalue weighted by atomic mass is 16.5. The first-order valence-corrected chi connectivity index (χ1v) is 6.46. The minimum absolute atomic E-state index is 0.568. The van der Waals surface area contributed by atoms with Crippen LogP contribution in [0.2, 0.25) is 0 Å². The Labute approximate surface area is 119 Å². The molecule has 0 spiro atoms. The van der Waals surface area contributed by atoms with Gasteiger partial charge in [-0.3, -0.25) is 0 Å². The summed E-state index contributed by atoms with van der Waals surface area (Å²) in [5.74, 6) is 1.70. The highest BCUT2D eigenvalue weighted by Gasteiger charge is 2.03. The lowest BCUT2D eigenvalue weighted by Crippen LogP contribution is -2.24. The molecule has 1 heterocycles. The summed E-state index contributed by atoms with van der Waals surface area (Å²) in [4.78, 5) is 6.23. The number of aromatic nitrogens is 1. The highest BCUT2D eigenvalue weighted by Crippen LogP contribution is 2.12. The molecule has 0 amide bonds. The third-order valence-corrected chi connectivity index (χ3v) is 2.98. The Hall–Kier alpha value is -2.54. The zero-order valence-corrected chi connectivity index (χ0v) is 11.7. The van der Waals surface area contributed by atoms with Crippen LogP contribution in [0.15, 0.2) is 42.6 Å². The van der Waals surface area contributed by atoms with Gasteiger partial charge in [0.15, 0.2) is 0 Å². The van der Waals surface area contributed by atoms with Crippen LogP contribution in [0.5, 0.6) is 5.75 Å². The summed E-state index contributed by atoms with van der Waals surface area (Å²) in [7, 11) is 1.95. The Morgan fingerprint density at radius 3 is 2.55 bits per heavy atom. The lowest BCUT2D eigenvalue weighted by Gasteiger charge is -2.18. The van der Waals surface area contributed by atoms with E-state index in [0.717, 1.165) is 18.1 Å². The number of pyridine rings is 1. The number of hydrogen-bond acceptors (Lipinski definition) is 4. The van der Waals surface area contributed by atoms with Gasteiger partial charge in [0, 0.05) is 13.2 Å². The van der Waals surface area contributed by atoms with Crippen LogP contribution in [0.1, 0.15) is 11.1 Å². The smallest absolute Gasteiger partial charge is 0.128 e. The molecule has 0 atom stereocenters. The summed E-state index contributed by atoms with van der Waals surface area (Å²) in [5.41, 5.74) is 1.79. The van der Waals surface area contributed by atoms with Crippen LogP contribution in [0.25, 0.3) is 0 Å². The van der Waals surface area contributed by atoms with Crippen molar-refractivity contribution < 1.29 is 4.74 Å². The van der Waals surface area contributed by atoms with Crippen molar-refractivity contribution in [2.24, 2.45) is 0 Å². The van der Waals surface area contributed by atoms with Gasteiger partial charge in [0.1, 0.15) is 24.2 Å². The van der Waals surface area contributed by atoms with Crippen molar-refractivity contribution in [2.45, 2.75) is 6.92 Å². The Morgan fingerprint density at radius 1 is 1.20 bits per heavy atom. The summed E-state index contributed by atoms with van der Waals surface area (Å²) in [5, 5.41) is 8.73. The number of rotatable bonds is 5. The second-order valence-electron chi connectivity index (χ2n) is 4.60. The van der Waals surface area contributed by atoms with E-state index in [1.165, 1.54) is 5.56 Å². The molecule has 0 radical (unpaired) electrons. The first kappa shape index (κ1) is 13.9. The van der Waals surface area contributed by atoms with E-state index in [1.807, 2.05) is 49.2 Å². The van der Waals surface area contributed by atoms with Crippen molar-refractivity contribution in [1.29, 1.82) is 5.26 Å². The topological polar surface area (TPSA) is 49.1 Å². The van der Waals surface area contributed by atoms with E-state index >= 15 is 0 Å². The minimum atomic E-state index is 0.568. The van der Waals surface area contributed by atoms with Gasteiger partial charge in [-0.1, -0.05) is 17.7 Å². The van der Waals surface area contributed by atoms with Gasteiger partial charge in [0.2, 0.25) is 0 Å². The van der Waals surface area contributed by atoms with Gasteiger partial charge in [0.25, 0.3) is 0 Å². The van der Waals surface area contributed by atoms with Crippen LogP contribution in [0, 0.1) is 18.3 Å². The predicted octanol–water partition coefficient (Wildman–Crippen LogP) is 2.78. The van der Waals surface area contributed by atoms with Crippen molar-refractivity contribution in [1.82, 2.24) is 4.98 Å². The monoisotopic (exact) mass is 267 g/mol. The molecule has 0 unspecified atom stereocenters. The van der Waals surface area contributed by atoms with E-state index in [4.69, 9.17) is 10.00 Å². The van der Waals surface area contributed by atoms with Crippen molar-refractivity contribution in [2.75, 3.05) is 25.1 Å². The first-order valence-electron chi connectivity index (χ1n) is 6.46. The van der Waals surface area contributed by atoms with Crippen molar-refractivity contribution in [3.05, 3.63) is 53.7 Å². The molecule has 0 saturated heterocycles. The molecule has 0 aliphatic carbocycles. The van der Waals surface area contributed by atoms with Gasteiger partial charge < -0.3 is 9.64 Å². The number of nitrogens with zero attached hydrogens (tertiary/aromatic N) is 3. The summed E-state index contributed by atoms with van der Waals surface area (Å²) in [6.45, 7) is 3.36. The van der Waals surface area contributed by atoms with Crippen LogP contribution in [-0.2, 0) is 0 Å². The second kappa shape index (κ2) is 6.58. The quantitative estimate of drug-likeness (QED) is 0.835. The van der Waals surface area contributed by atoms with Crippen LogP contribution in [-0.4, -0.2) is 25.2 Å². The van der Waals surface area contributed by atoms with E-state index in [2.05, 4.69) is 11.1 Å². The molecule has 20 heavy (non-hydrogen) atoms. The maximum absolute atomic E-state index is 8.73. The summed E-state index contributed by atoms with van der Waals surface area (Å²) >= 11 is 0. The van der Waals surface area contributed by atoms with Crippen LogP contribution in [0.3, 0.4) is 0 Å². The molecule has 4 nitrogen and oxygen atoms in total. The Morgan fingerprint density at radius 2 is 1.95 bits per heavy atom. The molecule has 0 bridgehead atoms. The van der Waals surface area contributed by atoms with Crippen molar-refractivity contribution >= 4 is 5.82 Å². The maximum Gasteiger partial charge on any atom is 0.128 e. The number of nitriles is 1. The van der Waals surface area contributed by atoms with Crippen molar-refractivity contribution in [3.8, 4) is 11.8 Å². The number of benzene rings is 1. The van der Waals surface area contributed by atoms with E-state index in [0.29, 0.717) is 12.2 Å². The highest BCUT2D eigenvalue weighted by molar-refractivity contribution is 5.41. The Bertz CT molecular complexity index is 585. The standard InChI is InChI=1S/C16H17N3O/c1-13-3-6-15(7-4-13)20-10-9-19(2)16-8-5-14(11-17)12-18-16/h3-8,12H,9-10H2,1-2H3. The second-order valence-corrected chi connectivity index (χ2v) is 4.60. The molecule has 102 valence electrons. The van der Waals surface area contributed by atoms with Crippen LogP contribution in [0.4, 0.5) is 5.82 Å². The first-order chi connectivity index (χ1) is 9.69. The third kappa shape index (κ3) is 3.72. The Kier molecular flexibility index (Phi) is 4.56. The summed E-state index contributed by atoms with van der Waals surface area (Å²) in [6, 6.07) is 13.7. The number of likely N-dealkylation sites (N-methyl/N-ethyl adjacent to an activating group) is 1. The van der Waals surface area contributed by atoms with Gasteiger partial charge >= 0.3 is 0 Å². The van der Waals surface area contributed by atoms with Gasteiger partial charge in [-0.25, -0.2) is 4.98 Å². The fourth-order valence-electron chi connectivity index (χ4n) is 1.73. The Balaban J connectivity index is 1.84. The normalized spacial score (nSPS) is 9.85. The van der Waals surface area contributed by atoms with Gasteiger partial charge in [-0.2, -0.15) is 5.26 Å². The molecule has 2 rings (SSSR count). The summed E-state index contributed by atoms with van der Waals surface area (Å²) < 4.78 is 5.68. The fraction of sp³-hybridized carbons (Fsp3) is 0.250. The zero-order chi connectivity index (χ0) is 14.4. The molecule has 0 N–H and O–H groups in total. The molecule has 2 aromatic rings. The maximum atomic E-state index is 8.73. The fourth-order valence-corrected chi connectivity index (χ4v) is 1.73. The van der Waals surface area contributed by atoms with Crippen LogP contribution < -0.4 is 9.64 Å². The average molecular weight is 267 g/mol. The molecule has 0 aliphatic rings. The average Bonchev–Trinajstić information content (AvgIpc) is 2.49. The van der Waals surface area contributed by atoms with Gasteiger partial charge in [-0.05, 0) is 31.2 Å². The van der Waals surface area contributed by atoms with Gasteiger partial charge in [-0.15, -0.1) is 0 Å². The number of hydrogen-bond donors (Lipinski definition) is 0. The van der Waals surface area contributed by atoms with E-state index in [9.17, 15) is 0 Å². The van der Waals surface area contributed by atoms with E-state index < -0.39 is 0 Å². The van der Waals surface area contributed by atoms with E-state index in [1.54, 1.807) is 12.3 Å². The predicted molar refractivity (Wildman–Crippen MR) is 78.9 cm³/mol. The third-order valence-electron chi connectivity index (χ3n) is 2.98. The number of aryl methyl sites for hydroxylation is 1. The molecular formula is C16H17N3O. The number of ether oxygens (including phenoxy) is 1. The number of anilines is 1. The molecule has 0 aliphatic heterocycles.